The lowest BCUT2D eigenvalue weighted by atomic mass is 10.0. The summed E-state index contributed by atoms with van der Waals surface area (Å²) < 4.78 is 15.6. The molecular formula is C18H17NO5. The molecule has 1 heterocycles. The van der Waals surface area contributed by atoms with Gasteiger partial charge in [-0.1, -0.05) is 18.2 Å². The number of aromatic nitrogens is 1. The Kier molecular flexibility index (Phi) is 4.88. The maximum Gasteiger partial charge on any atom is 0.337 e. The maximum atomic E-state index is 11.8. The van der Waals surface area contributed by atoms with E-state index in [1.165, 1.54) is 0 Å². The second-order valence-electron chi connectivity index (χ2n) is 5.15. The fraction of sp³-hybridized carbons (Fsp3) is 0.222. The third-order valence-corrected chi connectivity index (χ3v) is 3.61. The summed E-state index contributed by atoms with van der Waals surface area (Å²) in [5.74, 6) is -0.466. The van der Waals surface area contributed by atoms with Crippen LogP contribution in [0.1, 0.15) is 10.4 Å². The first-order valence-electron chi connectivity index (χ1n) is 7.46. The highest BCUT2D eigenvalue weighted by Crippen LogP contribution is 2.28. The Morgan fingerprint density at radius 3 is 2.67 bits per heavy atom. The number of fused-ring (bicyclic) bond motifs is 2. The van der Waals surface area contributed by atoms with Gasteiger partial charge in [-0.15, -0.1) is 0 Å². The van der Waals surface area contributed by atoms with Gasteiger partial charge in [0.05, 0.1) is 29.8 Å². The molecule has 0 bridgehead atoms. The van der Waals surface area contributed by atoms with Gasteiger partial charge in [-0.25, -0.2) is 9.78 Å². The fourth-order valence-electron chi connectivity index (χ4n) is 2.50. The third kappa shape index (κ3) is 3.29. The molecule has 2 aromatic carbocycles. The Morgan fingerprint density at radius 1 is 1.08 bits per heavy atom. The van der Waals surface area contributed by atoms with Crippen molar-refractivity contribution < 1.29 is 24.1 Å². The average molecular weight is 327 g/mol. The molecule has 0 aliphatic carbocycles. The molecule has 1 aromatic heterocycles. The van der Waals surface area contributed by atoms with E-state index in [1.807, 2.05) is 6.07 Å². The number of carbonyl (C=O) groups is 1. The van der Waals surface area contributed by atoms with Crippen LogP contribution in [0, 0.1) is 0 Å². The van der Waals surface area contributed by atoms with Crippen LogP contribution in [-0.4, -0.2) is 43.2 Å². The van der Waals surface area contributed by atoms with Gasteiger partial charge >= 0.3 is 5.97 Å². The topological polar surface area (TPSA) is 77.9 Å². The van der Waals surface area contributed by atoms with Gasteiger partial charge in [0.2, 0.25) is 0 Å². The molecular weight excluding hydrogens is 310 g/mol. The van der Waals surface area contributed by atoms with Crippen LogP contribution >= 0.6 is 0 Å². The highest BCUT2D eigenvalue weighted by atomic mass is 16.7. The zero-order valence-electron chi connectivity index (χ0n) is 13.2. The van der Waals surface area contributed by atoms with Gasteiger partial charge in [-0.2, -0.15) is 0 Å². The lowest BCUT2D eigenvalue weighted by Gasteiger charge is -2.10. The van der Waals surface area contributed by atoms with Crippen molar-refractivity contribution in [2.45, 2.75) is 0 Å². The number of pyridine rings is 1. The molecule has 0 saturated heterocycles. The van der Waals surface area contributed by atoms with Gasteiger partial charge in [-0.3, -0.25) is 0 Å². The summed E-state index contributed by atoms with van der Waals surface area (Å²) in [6.45, 7) is 0.981. The summed E-state index contributed by atoms with van der Waals surface area (Å²) in [7, 11) is 1.60. The van der Waals surface area contributed by atoms with E-state index in [0.29, 0.717) is 40.8 Å². The Morgan fingerprint density at radius 2 is 1.88 bits per heavy atom. The summed E-state index contributed by atoms with van der Waals surface area (Å²) in [6, 6.07) is 12.4. The minimum atomic E-state index is -0.993. The molecule has 3 rings (SSSR count). The van der Waals surface area contributed by atoms with Gasteiger partial charge in [0.15, 0.2) is 6.79 Å². The first-order valence-corrected chi connectivity index (χ1v) is 7.46. The highest BCUT2D eigenvalue weighted by Gasteiger charge is 2.15. The normalized spacial score (nSPS) is 11.0. The quantitative estimate of drug-likeness (QED) is 0.408. The van der Waals surface area contributed by atoms with Gasteiger partial charge in [-0.05, 0) is 24.3 Å². The predicted octanol–water partition coefficient (Wildman–Crippen LogP) is 3.09. The van der Waals surface area contributed by atoms with E-state index in [0.717, 1.165) is 0 Å². The molecule has 0 spiro atoms. The molecule has 0 radical (unpaired) electrons. The zero-order chi connectivity index (χ0) is 16.9. The predicted molar refractivity (Wildman–Crippen MR) is 89.5 cm³/mol. The smallest absolute Gasteiger partial charge is 0.337 e. The van der Waals surface area contributed by atoms with E-state index in [9.17, 15) is 9.90 Å². The molecule has 6 nitrogen and oxygen atoms in total. The molecule has 24 heavy (non-hydrogen) atoms. The number of hydrogen-bond donors (Lipinski definition) is 1. The number of carboxylic acids is 1. The number of aromatic carboxylic acids is 1. The monoisotopic (exact) mass is 327 g/mol. The summed E-state index contributed by atoms with van der Waals surface area (Å²) in [6.07, 6.45) is 0. The molecule has 6 heteroatoms. The Balaban J connectivity index is 1.97. The van der Waals surface area contributed by atoms with Crippen molar-refractivity contribution in [3.05, 3.63) is 48.0 Å². The zero-order valence-corrected chi connectivity index (χ0v) is 13.2. The lowest BCUT2D eigenvalue weighted by molar-refractivity contribution is -0.00841. The second kappa shape index (κ2) is 7.25. The molecule has 3 aromatic rings. The van der Waals surface area contributed by atoms with E-state index >= 15 is 0 Å². The summed E-state index contributed by atoms with van der Waals surface area (Å²) in [5.41, 5.74) is 1.49. The number of hydrogen-bond acceptors (Lipinski definition) is 5. The fourth-order valence-corrected chi connectivity index (χ4v) is 2.50. The number of nitrogens with zero attached hydrogens (tertiary/aromatic N) is 1. The van der Waals surface area contributed by atoms with Crippen molar-refractivity contribution in [1.82, 2.24) is 4.98 Å². The van der Waals surface area contributed by atoms with E-state index in [-0.39, 0.29) is 12.4 Å². The number of methoxy groups -OCH3 is 1. The Hall–Kier alpha value is -2.70. The van der Waals surface area contributed by atoms with Gasteiger partial charge in [0.25, 0.3) is 0 Å². The van der Waals surface area contributed by atoms with Crippen molar-refractivity contribution in [2.75, 3.05) is 27.1 Å². The van der Waals surface area contributed by atoms with Crippen LogP contribution in [0.15, 0.2) is 42.5 Å². The lowest BCUT2D eigenvalue weighted by Crippen LogP contribution is -2.08. The maximum absolute atomic E-state index is 11.8. The number of ether oxygens (including phenoxy) is 3. The van der Waals surface area contributed by atoms with Crippen molar-refractivity contribution in [1.29, 1.82) is 0 Å². The highest BCUT2D eigenvalue weighted by molar-refractivity contribution is 6.13. The summed E-state index contributed by atoms with van der Waals surface area (Å²) >= 11 is 0. The Labute approximate surface area is 138 Å². The van der Waals surface area contributed by atoms with Crippen LogP contribution < -0.4 is 4.74 Å². The third-order valence-electron chi connectivity index (χ3n) is 3.61. The van der Waals surface area contributed by atoms with Gasteiger partial charge < -0.3 is 19.3 Å². The van der Waals surface area contributed by atoms with Crippen molar-refractivity contribution >= 4 is 27.8 Å². The van der Waals surface area contributed by atoms with Crippen LogP contribution in [0.2, 0.25) is 0 Å². The number of para-hydroxylation sites is 1. The largest absolute Gasteiger partial charge is 0.478 e. The Bertz CT molecular complexity index is 878. The molecule has 124 valence electrons. The molecule has 0 unspecified atom stereocenters. The van der Waals surface area contributed by atoms with Crippen LogP contribution in [0.4, 0.5) is 0 Å². The van der Waals surface area contributed by atoms with E-state index in [4.69, 9.17) is 14.2 Å². The average Bonchev–Trinajstić information content (AvgIpc) is 2.59. The number of rotatable bonds is 7. The van der Waals surface area contributed by atoms with Crippen LogP contribution in [0.25, 0.3) is 21.8 Å². The SMILES string of the molecule is COCCOCOc1ccc2nc3ccccc3c(C(=O)O)c2c1. The van der Waals surface area contributed by atoms with Crippen molar-refractivity contribution in [3.8, 4) is 5.75 Å². The van der Waals surface area contributed by atoms with E-state index in [1.54, 1.807) is 43.5 Å². The summed E-state index contributed by atoms with van der Waals surface area (Å²) in [4.78, 5) is 16.3. The molecule has 0 saturated carbocycles. The van der Waals surface area contributed by atoms with Crippen LogP contribution in [-0.2, 0) is 9.47 Å². The molecule has 0 aliphatic heterocycles. The first kappa shape index (κ1) is 16.2. The summed E-state index contributed by atoms with van der Waals surface area (Å²) in [5, 5.41) is 10.8. The number of benzene rings is 2. The molecule has 0 atom stereocenters. The van der Waals surface area contributed by atoms with E-state index in [2.05, 4.69) is 4.98 Å². The first-order chi connectivity index (χ1) is 11.7. The van der Waals surface area contributed by atoms with Crippen molar-refractivity contribution in [2.24, 2.45) is 0 Å². The van der Waals surface area contributed by atoms with Crippen LogP contribution in [0.5, 0.6) is 5.75 Å². The molecule has 0 amide bonds. The van der Waals surface area contributed by atoms with E-state index < -0.39 is 5.97 Å². The standard InChI is InChI=1S/C18H17NO5/c1-22-8-9-23-11-24-12-6-7-16-14(10-12)17(18(20)21)13-4-2-3-5-15(13)19-16/h2-7,10H,8-9,11H2,1H3,(H,20,21). The van der Waals surface area contributed by atoms with Crippen LogP contribution in [0.3, 0.4) is 0 Å². The minimum Gasteiger partial charge on any atom is -0.478 e. The second-order valence-corrected chi connectivity index (χ2v) is 5.15. The number of carboxylic acid groups (broad SMARTS) is 1. The molecule has 0 fully saturated rings. The molecule has 0 aliphatic rings. The van der Waals surface area contributed by atoms with Gasteiger partial charge in [0.1, 0.15) is 5.75 Å². The van der Waals surface area contributed by atoms with Crippen molar-refractivity contribution in [3.63, 3.8) is 0 Å². The van der Waals surface area contributed by atoms with Gasteiger partial charge in [0, 0.05) is 17.9 Å². The molecule has 1 N–H and O–H groups in total. The minimum absolute atomic E-state index is 0.0677.